The van der Waals surface area contributed by atoms with Crippen molar-refractivity contribution in [1.82, 2.24) is 15.2 Å². The number of halogens is 1. The highest BCUT2D eigenvalue weighted by Gasteiger charge is 2.14. The number of nitrogens with one attached hydrogen (secondary N) is 2. The molecule has 2 aromatic rings. The Morgan fingerprint density at radius 1 is 1.33 bits per heavy atom. The summed E-state index contributed by atoms with van der Waals surface area (Å²) >= 11 is 6.01. The van der Waals surface area contributed by atoms with E-state index < -0.39 is 0 Å². The molecule has 3 rings (SSSR count). The van der Waals surface area contributed by atoms with Crippen molar-refractivity contribution in [3.05, 3.63) is 35.0 Å². The van der Waals surface area contributed by atoms with Crippen LogP contribution in [0, 0.1) is 5.92 Å². The summed E-state index contributed by atoms with van der Waals surface area (Å²) in [5.74, 6) is 0.697. The van der Waals surface area contributed by atoms with Crippen LogP contribution in [0.3, 0.4) is 0 Å². The molecule has 2 N–H and O–H groups in total. The lowest BCUT2D eigenvalue weighted by Gasteiger charge is -2.20. The Bertz CT molecular complexity index is 587. The normalized spacial score (nSPS) is 17.6. The maximum Gasteiger partial charge on any atom is 0.0472 e. The molecule has 1 saturated heterocycles. The van der Waals surface area contributed by atoms with E-state index in [-0.39, 0.29) is 0 Å². The van der Waals surface area contributed by atoms with Crippen molar-refractivity contribution in [2.75, 3.05) is 26.2 Å². The molecule has 114 valence electrons. The third-order valence-electron chi connectivity index (χ3n) is 4.31. The van der Waals surface area contributed by atoms with Gasteiger partial charge in [-0.15, -0.1) is 0 Å². The number of H-pyrrole nitrogens is 1. The van der Waals surface area contributed by atoms with E-state index in [2.05, 4.69) is 34.4 Å². The standard InChI is InChI=1S/C17H24ClN3/c1-13(12-21-6-2-3-7-21)9-19-10-14-11-20-17-8-15(18)4-5-16(14)17/h4-5,8,11,13,19-20H,2-3,6-7,9-10,12H2,1H3. The second-order valence-corrected chi connectivity index (χ2v) is 6.68. The van der Waals surface area contributed by atoms with Crippen molar-refractivity contribution in [2.45, 2.75) is 26.3 Å². The van der Waals surface area contributed by atoms with Crippen LogP contribution in [0.4, 0.5) is 0 Å². The fourth-order valence-corrected chi connectivity index (χ4v) is 3.40. The molecule has 0 amide bonds. The van der Waals surface area contributed by atoms with Gasteiger partial charge in [0.05, 0.1) is 0 Å². The average molecular weight is 306 g/mol. The molecule has 0 aliphatic carbocycles. The van der Waals surface area contributed by atoms with Gasteiger partial charge in [-0.05, 0) is 56.1 Å². The Kier molecular flexibility index (Phi) is 4.84. The number of hydrogen-bond acceptors (Lipinski definition) is 2. The predicted octanol–water partition coefficient (Wildman–Crippen LogP) is 3.64. The van der Waals surface area contributed by atoms with Crippen molar-refractivity contribution < 1.29 is 0 Å². The topological polar surface area (TPSA) is 31.1 Å². The first-order chi connectivity index (χ1) is 10.2. The fourth-order valence-electron chi connectivity index (χ4n) is 3.23. The first kappa shape index (κ1) is 14.9. The summed E-state index contributed by atoms with van der Waals surface area (Å²) < 4.78 is 0. The number of rotatable bonds is 6. The minimum Gasteiger partial charge on any atom is -0.361 e. The number of benzene rings is 1. The Labute approximate surface area is 131 Å². The number of aromatic nitrogens is 1. The van der Waals surface area contributed by atoms with E-state index in [0.717, 1.165) is 23.6 Å². The van der Waals surface area contributed by atoms with Crippen molar-refractivity contribution >= 4 is 22.5 Å². The van der Waals surface area contributed by atoms with Crippen LogP contribution in [0.15, 0.2) is 24.4 Å². The summed E-state index contributed by atoms with van der Waals surface area (Å²) in [5.41, 5.74) is 2.43. The summed E-state index contributed by atoms with van der Waals surface area (Å²) in [4.78, 5) is 5.88. The molecule has 1 fully saturated rings. The fraction of sp³-hybridized carbons (Fsp3) is 0.529. The Balaban J connectivity index is 1.49. The highest BCUT2D eigenvalue weighted by molar-refractivity contribution is 6.31. The molecule has 1 aromatic carbocycles. The second-order valence-electron chi connectivity index (χ2n) is 6.25. The van der Waals surface area contributed by atoms with Crippen LogP contribution in [-0.2, 0) is 6.54 Å². The minimum atomic E-state index is 0.697. The Morgan fingerprint density at radius 3 is 2.95 bits per heavy atom. The van der Waals surface area contributed by atoms with E-state index in [4.69, 9.17) is 11.6 Å². The molecule has 1 aromatic heterocycles. The molecule has 3 nitrogen and oxygen atoms in total. The monoisotopic (exact) mass is 305 g/mol. The van der Waals surface area contributed by atoms with E-state index >= 15 is 0 Å². The SMILES string of the molecule is CC(CNCc1c[nH]c2cc(Cl)ccc12)CN1CCCC1. The van der Waals surface area contributed by atoms with Crippen LogP contribution in [-0.4, -0.2) is 36.1 Å². The van der Waals surface area contributed by atoms with Crippen LogP contribution >= 0.6 is 11.6 Å². The van der Waals surface area contributed by atoms with E-state index in [1.807, 2.05) is 12.1 Å². The van der Waals surface area contributed by atoms with Crippen LogP contribution in [0.2, 0.25) is 5.02 Å². The summed E-state index contributed by atoms with van der Waals surface area (Å²) in [7, 11) is 0. The molecule has 1 aliphatic rings. The van der Waals surface area contributed by atoms with Crippen LogP contribution in [0.25, 0.3) is 10.9 Å². The van der Waals surface area contributed by atoms with Crippen molar-refractivity contribution in [3.8, 4) is 0 Å². The van der Waals surface area contributed by atoms with Gasteiger partial charge < -0.3 is 15.2 Å². The molecule has 0 spiro atoms. The van der Waals surface area contributed by atoms with Gasteiger partial charge in [-0.25, -0.2) is 0 Å². The molecule has 0 radical (unpaired) electrons. The largest absolute Gasteiger partial charge is 0.361 e. The van der Waals surface area contributed by atoms with Crippen LogP contribution in [0.5, 0.6) is 0 Å². The predicted molar refractivity (Wildman–Crippen MR) is 89.9 cm³/mol. The molecule has 21 heavy (non-hydrogen) atoms. The van der Waals surface area contributed by atoms with Crippen molar-refractivity contribution in [3.63, 3.8) is 0 Å². The molecule has 0 saturated carbocycles. The number of fused-ring (bicyclic) bond motifs is 1. The van der Waals surface area contributed by atoms with Crippen LogP contribution in [0.1, 0.15) is 25.3 Å². The van der Waals surface area contributed by atoms with E-state index in [9.17, 15) is 0 Å². The van der Waals surface area contributed by atoms with Gasteiger partial charge in [0.1, 0.15) is 0 Å². The first-order valence-electron chi connectivity index (χ1n) is 7.91. The number of nitrogens with zero attached hydrogens (tertiary/aromatic N) is 1. The molecule has 0 bridgehead atoms. The highest BCUT2D eigenvalue weighted by Crippen LogP contribution is 2.21. The molecule has 2 heterocycles. The molecule has 1 atom stereocenters. The average Bonchev–Trinajstić information content (AvgIpc) is 3.08. The summed E-state index contributed by atoms with van der Waals surface area (Å²) in [6.07, 6.45) is 4.83. The zero-order chi connectivity index (χ0) is 14.7. The molecule has 1 unspecified atom stereocenters. The number of likely N-dealkylation sites (tertiary alicyclic amines) is 1. The maximum atomic E-state index is 6.01. The van der Waals surface area contributed by atoms with E-state index in [1.54, 1.807) is 0 Å². The second kappa shape index (κ2) is 6.82. The number of aromatic amines is 1. The van der Waals surface area contributed by atoms with E-state index in [0.29, 0.717) is 5.92 Å². The highest BCUT2D eigenvalue weighted by atomic mass is 35.5. The lowest BCUT2D eigenvalue weighted by Crippen LogP contribution is -2.31. The first-order valence-corrected chi connectivity index (χ1v) is 8.29. The van der Waals surface area contributed by atoms with Gasteiger partial charge in [0, 0.05) is 35.2 Å². The molecule has 1 aliphatic heterocycles. The lowest BCUT2D eigenvalue weighted by molar-refractivity contribution is 0.282. The minimum absolute atomic E-state index is 0.697. The Morgan fingerprint density at radius 2 is 2.14 bits per heavy atom. The van der Waals surface area contributed by atoms with Crippen LogP contribution < -0.4 is 5.32 Å². The number of hydrogen-bond donors (Lipinski definition) is 2. The lowest BCUT2D eigenvalue weighted by atomic mass is 10.1. The third kappa shape index (κ3) is 3.79. The van der Waals surface area contributed by atoms with E-state index in [1.165, 1.54) is 43.4 Å². The summed E-state index contributed by atoms with van der Waals surface area (Å²) in [6.45, 7) is 8.10. The van der Waals surface area contributed by atoms with Crippen molar-refractivity contribution in [1.29, 1.82) is 0 Å². The molecular weight excluding hydrogens is 282 g/mol. The molecule has 4 heteroatoms. The van der Waals surface area contributed by atoms with Crippen molar-refractivity contribution in [2.24, 2.45) is 5.92 Å². The zero-order valence-corrected chi connectivity index (χ0v) is 13.4. The van der Waals surface area contributed by atoms with Gasteiger partial charge in [0.2, 0.25) is 0 Å². The molecular formula is C17H24ClN3. The summed E-state index contributed by atoms with van der Waals surface area (Å²) in [5, 5.41) is 5.63. The van der Waals surface area contributed by atoms with Gasteiger partial charge in [0.25, 0.3) is 0 Å². The van der Waals surface area contributed by atoms with Gasteiger partial charge >= 0.3 is 0 Å². The van der Waals surface area contributed by atoms with Gasteiger partial charge in [-0.2, -0.15) is 0 Å². The van der Waals surface area contributed by atoms with Gasteiger partial charge in [-0.1, -0.05) is 24.6 Å². The zero-order valence-electron chi connectivity index (χ0n) is 12.7. The van der Waals surface area contributed by atoms with Gasteiger partial charge in [-0.3, -0.25) is 0 Å². The quantitative estimate of drug-likeness (QED) is 0.853. The third-order valence-corrected chi connectivity index (χ3v) is 4.54. The Hall–Kier alpha value is -1.03. The maximum absolute atomic E-state index is 6.01. The van der Waals surface area contributed by atoms with Gasteiger partial charge in [0.15, 0.2) is 0 Å². The smallest absolute Gasteiger partial charge is 0.0472 e. The summed E-state index contributed by atoms with van der Waals surface area (Å²) in [6, 6.07) is 6.03.